The fourth-order valence-electron chi connectivity index (χ4n) is 2.42. The molecule has 128 valence electrons. The summed E-state index contributed by atoms with van der Waals surface area (Å²) in [7, 11) is 0. The van der Waals surface area contributed by atoms with Gasteiger partial charge in [0, 0.05) is 6.07 Å². The van der Waals surface area contributed by atoms with Crippen LogP contribution in [0.15, 0.2) is 57.9 Å². The van der Waals surface area contributed by atoms with Crippen molar-refractivity contribution in [2.24, 2.45) is 0 Å². The predicted molar refractivity (Wildman–Crippen MR) is 97.6 cm³/mol. The molecule has 0 aliphatic heterocycles. The van der Waals surface area contributed by atoms with E-state index in [4.69, 9.17) is 20.8 Å². The molecule has 0 spiro atoms. The van der Waals surface area contributed by atoms with Gasteiger partial charge in [-0.3, -0.25) is 4.79 Å². The van der Waals surface area contributed by atoms with E-state index >= 15 is 0 Å². The molecule has 0 atom stereocenters. The normalized spacial score (nSPS) is 11.5. The number of rotatable bonds is 2. The van der Waals surface area contributed by atoms with Crippen molar-refractivity contribution in [2.75, 3.05) is 0 Å². The lowest BCUT2D eigenvalue weighted by atomic mass is 9.87. The third-order valence-electron chi connectivity index (χ3n) is 3.90. The Kier molecular flexibility index (Phi) is 4.39. The van der Waals surface area contributed by atoms with Crippen LogP contribution in [0.1, 0.15) is 36.7 Å². The molecule has 25 heavy (non-hydrogen) atoms. The summed E-state index contributed by atoms with van der Waals surface area (Å²) in [6, 6.07) is 11.9. The number of ether oxygens (including phenoxy) is 1. The van der Waals surface area contributed by atoms with Gasteiger partial charge in [-0.15, -0.1) is 0 Å². The van der Waals surface area contributed by atoms with Gasteiger partial charge >= 0.3 is 5.97 Å². The average Bonchev–Trinajstić information content (AvgIpc) is 2.57. The minimum atomic E-state index is -0.476. The first-order chi connectivity index (χ1) is 11.8. The van der Waals surface area contributed by atoms with Gasteiger partial charge in [-0.25, -0.2) is 4.79 Å². The summed E-state index contributed by atoms with van der Waals surface area (Å²) in [5.41, 5.74) is 1.58. The number of benzene rings is 2. The molecule has 3 rings (SSSR count). The highest BCUT2D eigenvalue weighted by atomic mass is 35.5. The third-order valence-corrected chi connectivity index (χ3v) is 4.16. The molecule has 2 aromatic carbocycles. The summed E-state index contributed by atoms with van der Waals surface area (Å²) in [4.78, 5) is 24.2. The van der Waals surface area contributed by atoms with Crippen LogP contribution >= 0.6 is 11.6 Å². The predicted octanol–water partition coefficient (Wildman–Crippen LogP) is 4.96. The van der Waals surface area contributed by atoms with E-state index in [1.807, 2.05) is 12.1 Å². The molecule has 0 unspecified atom stereocenters. The van der Waals surface area contributed by atoms with Crippen LogP contribution in [0, 0.1) is 0 Å². The van der Waals surface area contributed by atoms with Crippen LogP contribution in [0.25, 0.3) is 11.0 Å². The molecule has 0 radical (unpaired) electrons. The molecule has 0 bridgehead atoms. The number of hydrogen-bond donors (Lipinski definition) is 0. The first-order valence-electron chi connectivity index (χ1n) is 7.79. The SMILES string of the molecule is CC(C)(C)c1ccc(C(=O)Oc2ccc3c(=O)c(Cl)coc3c2)cc1. The zero-order chi connectivity index (χ0) is 18.2. The van der Waals surface area contributed by atoms with Gasteiger partial charge in [-0.05, 0) is 35.2 Å². The first kappa shape index (κ1) is 17.2. The van der Waals surface area contributed by atoms with Gasteiger partial charge in [0.25, 0.3) is 0 Å². The van der Waals surface area contributed by atoms with Gasteiger partial charge in [0.15, 0.2) is 0 Å². The number of carbonyl (C=O) groups is 1. The number of carbonyl (C=O) groups excluding carboxylic acids is 1. The van der Waals surface area contributed by atoms with Crippen molar-refractivity contribution in [1.29, 1.82) is 0 Å². The Labute approximate surface area is 150 Å². The quantitative estimate of drug-likeness (QED) is 0.481. The van der Waals surface area contributed by atoms with Gasteiger partial charge in [-0.2, -0.15) is 0 Å². The molecule has 0 aliphatic carbocycles. The zero-order valence-electron chi connectivity index (χ0n) is 14.1. The van der Waals surface area contributed by atoms with E-state index in [9.17, 15) is 9.59 Å². The molecular formula is C20H17ClO4. The molecule has 1 heterocycles. The van der Waals surface area contributed by atoms with Crippen molar-refractivity contribution in [1.82, 2.24) is 0 Å². The van der Waals surface area contributed by atoms with Gasteiger partial charge in [0.05, 0.1) is 10.9 Å². The third kappa shape index (κ3) is 3.59. The molecule has 0 aliphatic rings. The molecular weight excluding hydrogens is 340 g/mol. The topological polar surface area (TPSA) is 56.5 Å². The molecule has 5 heteroatoms. The zero-order valence-corrected chi connectivity index (χ0v) is 14.9. The second-order valence-corrected chi connectivity index (χ2v) is 7.19. The Hall–Kier alpha value is -2.59. The van der Waals surface area contributed by atoms with E-state index in [0.717, 1.165) is 5.56 Å². The van der Waals surface area contributed by atoms with Crippen LogP contribution in [-0.4, -0.2) is 5.97 Å². The van der Waals surface area contributed by atoms with E-state index in [-0.39, 0.29) is 15.9 Å². The highest BCUT2D eigenvalue weighted by Crippen LogP contribution is 2.24. The molecule has 0 amide bonds. The average molecular weight is 357 g/mol. The summed E-state index contributed by atoms with van der Waals surface area (Å²) in [6.07, 6.45) is 1.17. The molecule has 0 fully saturated rings. The molecule has 0 N–H and O–H groups in total. The largest absolute Gasteiger partial charge is 0.462 e. The lowest BCUT2D eigenvalue weighted by molar-refractivity contribution is 0.0735. The smallest absolute Gasteiger partial charge is 0.343 e. The number of halogens is 1. The van der Waals surface area contributed by atoms with Crippen molar-refractivity contribution < 1.29 is 13.9 Å². The molecule has 0 saturated carbocycles. The van der Waals surface area contributed by atoms with Crippen LogP contribution in [0.5, 0.6) is 5.75 Å². The lowest BCUT2D eigenvalue weighted by Gasteiger charge is -2.18. The van der Waals surface area contributed by atoms with Crippen molar-refractivity contribution in [2.45, 2.75) is 26.2 Å². The van der Waals surface area contributed by atoms with E-state index < -0.39 is 5.97 Å². The van der Waals surface area contributed by atoms with Crippen LogP contribution in [0.2, 0.25) is 5.02 Å². The second kappa shape index (κ2) is 6.37. The van der Waals surface area contributed by atoms with Crippen molar-refractivity contribution in [3.63, 3.8) is 0 Å². The van der Waals surface area contributed by atoms with E-state index in [2.05, 4.69) is 20.8 Å². The lowest BCUT2D eigenvalue weighted by Crippen LogP contribution is -2.13. The van der Waals surface area contributed by atoms with Crippen LogP contribution < -0.4 is 10.2 Å². The summed E-state index contributed by atoms with van der Waals surface area (Å²) in [5, 5.41) is 0.345. The van der Waals surface area contributed by atoms with Crippen LogP contribution in [-0.2, 0) is 5.41 Å². The van der Waals surface area contributed by atoms with Crippen molar-refractivity contribution >= 4 is 28.5 Å². The van der Waals surface area contributed by atoms with Gasteiger partial charge in [-0.1, -0.05) is 44.5 Å². The minimum Gasteiger partial charge on any atom is -0.462 e. The Balaban J connectivity index is 1.84. The number of fused-ring (bicyclic) bond motifs is 1. The van der Waals surface area contributed by atoms with Gasteiger partial charge in [0.1, 0.15) is 22.6 Å². The van der Waals surface area contributed by atoms with E-state index in [1.54, 1.807) is 12.1 Å². The maximum atomic E-state index is 12.3. The highest BCUT2D eigenvalue weighted by molar-refractivity contribution is 6.30. The first-order valence-corrected chi connectivity index (χ1v) is 8.17. The Morgan fingerprint density at radius 2 is 1.76 bits per heavy atom. The summed E-state index contributed by atoms with van der Waals surface area (Å²) >= 11 is 5.74. The Bertz CT molecular complexity index is 995. The molecule has 0 saturated heterocycles. The van der Waals surface area contributed by atoms with Crippen molar-refractivity contribution in [3.05, 3.63) is 75.1 Å². The Morgan fingerprint density at radius 1 is 1.08 bits per heavy atom. The minimum absolute atomic E-state index is 0.0104. The molecule has 4 nitrogen and oxygen atoms in total. The fraction of sp³-hybridized carbons (Fsp3) is 0.200. The van der Waals surface area contributed by atoms with Crippen molar-refractivity contribution in [3.8, 4) is 5.75 Å². The summed E-state index contributed by atoms with van der Waals surface area (Å²) in [5.74, 6) is -0.181. The Morgan fingerprint density at radius 3 is 2.40 bits per heavy atom. The van der Waals surface area contributed by atoms with Gasteiger partial charge < -0.3 is 9.15 Å². The number of esters is 1. The van der Waals surface area contributed by atoms with Gasteiger partial charge in [0.2, 0.25) is 5.43 Å². The van der Waals surface area contributed by atoms with E-state index in [0.29, 0.717) is 22.3 Å². The maximum absolute atomic E-state index is 12.3. The molecule has 1 aromatic heterocycles. The van der Waals surface area contributed by atoms with E-state index in [1.165, 1.54) is 24.5 Å². The highest BCUT2D eigenvalue weighted by Gasteiger charge is 2.15. The fourth-order valence-corrected chi connectivity index (χ4v) is 2.57. The second-order valence-electron chi connectivity index (χ2n) is 6.79. The summed E-state index contributed by atoms with van der Waals surface area (Å²) < 4.78 is 10.7. The number of hydrogen-bond acceptors (Lipinski definition) is 4. The standard InChI is InChI=1S/C20H17ClO4/c1-20(2,3)13-6-4-12(5-7-13)19(23)25-14-8-9-15-17(10-14)24-11-16(21)18(15)22/h4-11H,1-3H3. The summed E-state index contributed by atoms with van der Waals surface area (Å²) in [6.45, 7) is 6.32. The van der Waals surface area contributed by atoms with Crippen LogP contribution in [0.3, 0.4) is 0 Å². The maximum Gasteiger partial charge on any atom is 0.343 e. The molecule has 3 aromatic rings. The van der Waals surface area contributed by atoms with Crippen LogP contribution in [0.4, 0.5) is 0 Å². The monoisotopic (exact) mass is 356 g/mol.